The average molecular weight is 601 g/mol. The van der Waals surface area contributed by atoms with E-state index in [2.05, 4.69) is 22.1 Å². The molecule has 2 fully saturated rings. The molecule has 43 heavy (non-hydrogen) atoms. The number of halogens is 2. The number of pyridine rings is 1. The van der Waals surface area contributed by atoms with Crippen LogP contribution in [0.4, 0.5) is 13.6 Å². The lowest BCUT2D eigenvalue weighted by atomic mass is 10.1. The van der Waals surface area contributed by atoms with Gasteiger partial charge >= 0.3 is 6.09 Å². The van der Waals surface area contributed by atoms with Gasteiger partial charge in [-0.2, -0.15) is 5.26 Å². The van der Waals surface area contributed by atoms with Gasteiger partial charge in [0.2, 0.25) is 5.91 Å². The van der Waals surface area contributed by atoms with Crippen LogP contribution < -0.4 is 10.1 Å². The third-order valence-corrected chi connectivity index (χ3v) is 7.37. The molecule has 2 saturated heterocycles. The van der Waals surface area contributed by atoms with Crippen molar-refractivity contribution in [2.45, 2.75) is 64.1 Å². The fourth-order valence-corrected chi connectivity index (χ4v) is 5.24. The summed E-state index contributed by atoms with van der Waals surface area (Å²) in [6.45, 7) is 9.41. The predicted molar refractivity (Wildman–Crippen MR) is 154 cm³/mol. The molecule has 2 aliphatic rings. The van der Waals surface area contributed by atoms with Crippen molar-refractivity contribution in [3.05, 3.63) is 36.0 Å². The third-order valence-electron chi connectivity index (χ3n) is 7.37. The average Bonchev–Trinajstić information content (AvgIpc) is 3.27. The number of carbonyl (C=O) groups excluding carboxylic acids is 3. The number of nitriles is 1. The number of nitrogens with one attached hydrogen (secondary N) is 1. The summed E-state index contributed by atoms with van der Waals surface area (Å²) >= 11 is 0. The van der Waals surface area contributed by atoms with E-state index in [1.807, 2.05) is 20.8 Å². The molecule has 0 saturated carbocycles. The Hall–Kier alpha value is -4.05. The van der Waals surface area contributed by atoms with E-state index in [0.717, 1.165) is 24.4 Å². The summed E-state index contributed by atoms with van der Waals surface area (Å²) in [5.74, 6) is -3.91. The molecule has 0 spiro atoms. The Kier molecular flexibility index (Phi) is 9.69. The summed E-state index contributed by atoms with van der Waals surface area (Å²) in [6, 6.07) is 7.37. The number of benzene rings is 1. The number of fused-ring (bicyclic) bond motifs is 1. The molecule has 1 aromatic carbocycles. The summed E-state index contributed by atoms with van der Waals surface area (Å²) in [5, 5.41) is 12.1. The van der Waals surface area contributed by atoms with Gasteiger partial charge in [0.1, 0.15) is 17.4 Å². The van der Waals surface area contributed by atoms with Crippen LogP contribution in [-0.2, 0) is 9.53 Å². The molecule has 3 heterocycles. The maximum atomic E-state index is 13.7. The van der Waals surface area contributed by atoms with Crippen LogP contribution in [0.5, 0.6) is 5.75 Å². The Labute approximate surface area is 249 Å². The van der Waals surface area contributed by atoms with E-state index in [0.29, 0.717) is 36.3 Å². The zero-order chi connectivity index (χ0) is 31.4. The van der Waals surface area contributed by atoms with Crippen LogP contribution >= 0.6 is 0 Å². The number of likely N-dealkylation sites (tertiary alicyclic amines) is 1. The Morgan fingerprint density at radius 1 is 1.21 bits per heavy atom. The number of amides is 3. The summed E-state index contributed by atoms with van der Waals surface area (Å²) in [4.78, 5) is 47.0. The lowest BCUT2D eigenvalue weighted by Crippen LogP contribution is -2.54. The Morgan fingerprint density at radius 2 is 1.98 bits per heavy atom. The Morgan fingerprint density at radius 3 is 2.67 bits per heavy atom. The SMILES string of the molecule is C[C@@H]1CN(C(=O)OC(C)(C)C)CCN1CCCOc1ccc2nccc(C(=O)NCC(=O)N3CC(F)(F)C[C@H]3C#N)c2c1. The van der Waals surface area contributed by atoms with Gasteiger partial charge in [0.25, 0.3) is 11.8 Å². The van der Waals surface area contributed by atoms with Crippen molar-refractivity contribution in [2.75, 3.05) is 45.9 Å². The van der Waals surface area contributed by atoms with Crippen LogP contribution in [-0.4, -0.2) is 107 Å². The van der Waals surface area contributed by atoms with E-state index in [1.54, 1.807) is 29.2 Å². The predicted octanol–water partition coefficient (Wildman–Crippen LogP) is 3.43. The molecule has 232 valence electrons. The molecule has 0 aliphatic carbocycles. The molecule has 2 aromatic rings. The van der Waals surface area contributed by atoms with E-state index >= 15 is 0 Å². The summed E-state index contributed by atoms with van der Waals surface area (Å²) in [7, 11) is 0. The quantitative estimate of drug-likeness (QED) is 0.457. The molecule has 11 nitrogen and oxygen atoms in total. The van der Waals surface area contributed by atoms with E-state index in [1.165, 1.54) is 12.3 Å². The molecule has 13 heteroatoms. The van der Waals surface area contributed by atoms with Crippen LogP contribution in [0.25, 0.3) is 10.9 Å². The second kappa shape index (κ2) is 13.1. The minimum atomic E-state index is -3.13. The zero-order valence-corrected chi connectivity index (χ0v) is 24.9. The number of ether oxygens (including phenoxy) is 2. The van der Waals surface area contributed by atoms with Gasteiger partial charge in [-0.3, -0.25) is 19.5 Å². The molecule has 1 N–H and O–H groups in total. The lowest BCUT2D eigenvalue weighted by Gasteiger charge is -2.40. The van der Waals surface area contributed by atoms with E-state index < -0.39 is 48.9 Å². The van der Waals surface area contributed by atoms with Gasteiger partial charge in [-0.25, -0.2) is 13.6 Å². The monoisotopic (exact) mass is 600 g/mol. The molecule has 1 aromatic heterocycles. The fourth-order valence-electron chi connectivity index (χ4n) is 5.24. The highest BCUT2D eigenvalue weighted by molar-refractivity contribution is 6.07. The molecule has 0 unspecified atom stereocenters. The van der Waals surface area contributed by atoms with Crippen molar-refractivity contribution in [1.29, 1.82) is 5.26 Å². The van der Waals surface area contributed by atoms with Crippen molar-refractivity contribution in [1.82, 2.24) is 25.0 Å². The number of hydrogen-bond donors (Lipinski definition) is 1. The number of rotatable bonds is 8. The molecule has 0 radical (unpaired) electrons. The van der Waals surface area contributed by atoms with Crippen LogP contribution in [0.2, 0.25) is 0 Å². The van der Waals surface area contributed by atoms with Crippen LogP contribution in [0.3, 0.4) is 0 Å². The summed E-state index contributed by atoms with van der Waals surface area (Å²) < 4.78 is 38.9. The standard InChI is InChI=1S/C30H38F2N6O5/c1-20-18-37(28(41)43-29(2,3)4)12-11-36(20)10-5-13-42-22-6-7-25-24(14-22)23(8-9-34-25)27(40)35-17-26(39)38-19-30(31,32)15-21(38)16-33/h6-9,14,20-21H,5,10-13,15,17-19H2,1-4H3,(H,35,40)/t20-,21+/m1/s1. The molecule has 2 atom stereocenters. The lowest BCUT2D eigenvalue weighted by molar-refractivity contribution is -0.131. The normalized spacial score (nSPS) is 20.5. The molecule has 0 bridgehead atoms. The first kappa shape index (κ1) is 31.9. The summed E-state index contributed by atoms with van der Waals surface area (Å²) in [6.07, 6.45) is 1.20. The van der Waals surface area contributed by atoms with Crippen molar-refractivity contribution in [2.24, 2.45) is 0 Å². The number of aromatic nitrogens is 1. The van der Waals surface area contributed by atoms with E-state index in [-0.39, 0.29) is 17.7 Å². The fraction of sp³-hybridized carbons (Fsp3) is 0.567. The highest BCUT2D eigenvalue weighted by atomic mass is 19.3. The van der Waals surface area contributed by atoms with Gasteiger partial charge in [-0.1, -0.05) is 0 Å². The Balaban J connectivity index is 1.28. The van der Waals surface area contributed by atoms with Gasteiger partial charge in [0, 0.05) is 50.2 Å². The molecule has 4 rings (SSSR count). The first-order valence-corrected chi connectivity index (χ1v) is 14.3. The maximum absolute atomic E-state index is 13.7. The van der Waals surface area contributed by atoms with E-state index in [4.69, 9.17) is 14.7 Å². The first-order valence-electron chi connectivity index (χ1n) is 14.3. The zero-order valence-electron chi connectivity index (χ0n) is 24.9. The highest BCUT2D eigenvalue weighted by Crippen LogP contribution is 2.31. The topological polar surface area (TPSA) is 128 Å². The highest BCUT2D eigenvalue weighted by Gasteiger charge is 2.47. The minimum Gasteiger partial charge on any atom is -0.494 e. The molecular formula is C30H38F2N6O5. The van der Waals surface area contributed by atoms with Crippen LogP contribution in [0.1, 0.15) is 50.9 Å². The molecule has 2 aliphatic heterocycles. The largest absolute Gasteiger partial charge is 0.494 e. The van der Waals surface area contributed by atoms with Gasteiger partial charge in [-0.05, 0) is 58.4 Å². The van der Waals surface area contributed by atoms with Gasteiger partial charge in [0.05, 0.1) is 36.8 Å². The Bertz CT molecular complexity index is 1390. The molecular weight excluding hydrogens is 562 g/mol. The number of carbonyl (C=O) groups is 3. The number of alkyl halides is 2. The van der Waals surface area contributed by atoms with Crippen molar-refractivity contribution in [3.63, 3.8) is 0 Å². The second-order valence-corrected chi connectivity index (χ2v) is 12.0. The number of hydrogen-bond acceptors (Lipinski definition) is 8. The van der Waals surface area contributed by atoms with Crippen molar-refractivity contribution < 1.29 is 32.6 Å². The van der Waals surface area contributed by atoms with Crippen molar-refractivity contribution in [3.8, 4) is 11.8 Å². The van der Waals surface area contributed by atoms with Gasteiger partial charge < -0.3 is 24.6 Å². The number of piperazine rings is 1. The van der Waals surface area contributed by atoms with Crippen LogP contribution in [0.15, 0.2) is 30.5 Å². The second-order valence-electron chi connectivity index (χ2n) is 12.0. The van der Waals surface area contributed by atoms with Crippen molar-refractivity contribution >= 4 is 28.8 Å². The van der Waals surface area contributed by atoms with Crippen LogP contribution in [0, 0.1) is 11.3 Å². The van der Waals surface area contributed by atoms with Gasteiger partial charge in [0.15, 0.2) is 0 Å². The van der Waals surface area contributed by atoms with Gasteiger partial charge in [-0.15, -0.1) is 0 Å². The third kappa shape index (κ3) is 8.28. The first-order chi connectivity index (χ1) is 20.3. The maximum Gasteiger partial charge on any atom is 0.410 e. The minimum absolute atomic E-state index is 0.175. The summed E-state index contributed by atoms with van der Waals surface area (Å²) in [5.41, 5.74) is 0.269. The number of nitrogens with zero attached hydrogens (tertiary/aromatic N) is 5. The van der Waals surface area contributed by atoms with E-state index in [9.17, 15) is 23.2 Å². The smallest absolute Gasteiger partial charge is 0.410 e. The molecule has 3 amide bonds.